The van der Waals surface area contributed by atoms with Crippen molar-refractivity contribution in [1.82, 2.24) is 9.97 Å². The Morgan fingerprint density at radius 1 is 0.531 bits per heavy atom. The van der Waals surface area contributed by atoms with E-state index >= 15 is 0 Å². The average molecular weight is 424 g/mol. The Morgan fingerprint density at radius 2 is 0.938 bits per heavy atom. The maximum absolute atomic E-state index is 8.94. The van der Waals surface area contributed by atoms with E-state index in [0.29, 0.717) is 11.5 Å². The van der Waals surface area contributed by atoms with Gasteiger partial charge in [-0.05, 0) is 58.7 Å². The fourth-order valence-electron chi connectivity index (χ4n) is 3.94. The molecule has 5 rings (SSSR count). The number of ether oxygens (including phenoxy) is 2. The zero-order valence-corrected chi connectivity index (χ0v) is 17.1. The van der Waals surface area contributed by atoms with Crippen LogP contribution in [0.25, 0.3) is 44.1 Å². The number of nitrogens with zero attached hydrogens (tertiary/aromatic N) is 2. The van der Waals surface area contributed by atoms with Gasteiger partial charge in [-0.1, -0.05) is 36.4 Å². The molecule has 5 aromatic rings. The molecule has 0 bridgehead atoms. The van der Waals surface area contributed by atoms with Crippen LogP contribution in [0, 0.1) is 0 Å². The molecule has 0 radical (unpaired) electrons. The van der Waals surface area contributed by atoms with Gasteiger partial charge >= 0.3 is 0 Å². The van der Waals surface area contributed by atoms with Crippen LogP contribution in [-0.4, -0.2) is 33.8 Å². The van der Waals surface area contributed by atoms with E-state index in [-0.39, 0.29) is 13.6 Å². The van der Waals surface area contributed by atoms with Gasteiger partial charge < -0.3 is 19.7 Å². The summed E-state index contributed by atoms with van der Waals surface area (Å²) >= 11 is 0. The van der Waals surface area contributed by atoms with E-state index in [1.807, 2.05) is 60.7 Å². The number of fused-ring (bicyclic) bond motifs is 3. The topological polar surface area (TPSA) is 84.7 Å². The second kappa shape index (κ2) is 8.63. The summed E-state index contributed by atoms with van der Waals surface area (Å²) in [4.78, 5) is 9.30. The molecule has 2 aromatic heterocycles. The molecule has 2 N–H and O–H groups in total. The van der Waals surface area contributed by atoms with Gasteiger partial charge in [0, 0.05) is 23.2 Å². The minimum Gasteiger partial charge on any atom is -0.468 e. The van der Waals surface area contributed by atoms with Gasteiger partial charge in [0.25, 0.3) is 0 Å². The zero-order chi connectivity index (χ0) is 21.9. The highest BCUT2D eigenvalue weighted by Gasteiger charge is 2.12. The van der Waals surface area contributed by atoms with E-state index in [4.69, 9.17) is 19.7 Å². The molecular weight excluding hydrogens is 404 g/mol. The lowest BCUT2D eigenvalue weighted by molar-refractivity contribution is 0.0981. The highest BCUT2D eigenvalue weighted by Crippen LogP contribution is 2.35. The van der Waals surface area contributed by atoms with Gasteiger partial charge in [-0.15, -0.1) is 0 Å². The maximum Gasteiger partial charge on any atom is 0.186 e. The average Bonchev–Trinajstić information content (AvgIpc) is 2.84. The van der Waals surface area contributed by atoms with Crippen molar-refractivity contribution in [3.8, 4) is 33.8 Å². The molecule has 0 spiro atoms. The van der Waals surface area contributed by atoms with Gasteiger partial charge in [-0.3, -0.25) is 9.97 Å². The maximum atomic E-state index is 8.94. The summed E-state index contributed by atoms with van der Waals surface area (Å²) in [5.74, 6) is 1.23. The molecule has 0 amide bonds. The van der Waals surface area contributed by atoms with Crippen LogP contribution in [0.3, 0.4) is 0 Å². The SMILES string of the molecule is OCOc1ccc(-c2ccnc3c2ccc2c(-c4ccc(OCO)cc4)ccnc23)cc1. The Labute approximate surface area is 184 Å². The second-order valence-corrected chi connectivity index (χ2v) is 7.17. The van der Waals surface area contributed by atoms with Crippen LogP contribution in [-0.2, 0) is 0 Å². The van der Waals surface area contributed by atoms with Gasteiger partial charge in [0.05, 0.1) is 11.0 Å². The molecule has 0 unspecified atom stereocenters. The highest BCUT2D eigenvalue weighted by molar-refractivity contribution is 6.11. The van der Waals surface area contributed by atoms with Crippen molar-refractivity contribution in [1.29, 1.82) is 0 Å². The third-order valence-corrected chi connectivity index (χ3v) is 5.41. The summed E-state index contributed by atoms with van der Waals surface area (Å²) in [5.41, 5.74) is 5.81. The summed E-state index contributed by atoms with van der Waals surface area (Å²) < 4.78 is 10.3. The lowest BCUT2D eigenvalue weighted by Gasteiger charge is -2.12. The Kier molecular flexibility index (Phi) is 5.37. The van der Waals surface area contributed by atoms with Gasteiger partial charge in [0.1, 0.15) is 11.5 Å². The Balaban J connectivity index is 1.63. The largest absolute Gasteiger partial charge is 0.468 e. The number of aliphatic hydroxyl groups excluding tert-OH is 2. The van der Waals surface area contributed by atoms with Crippen molar-refractivity contribution >= 4 is 21.8 Å². The number of hydrogen-bond acceptors (Lipinski definition) is 6. The van der Waals surface area contributed by atoms with Crippen molar-refractivity contribution in [3.05, 3.63) is 85.2 Å². The van der Waals surface area contributed by atoms with Crippen LogP contribution < -0.4 is 9.47 Å². The van der Waals surface area contributed by atoms with Crippen molar-refractivity contribution in [2.75, 3.05) is 13.6 Å². The molecule has 0 saturated carbocycles. The van der Waals surface area contributed by atoms with Crippen LogP contribution >= 0.6 is 0 Å². The number of rotatable bonds is 6. The predicted molar refractivity (Wildman–Crippen MR) is 123 cm³/mol. The fraction of sp³-hybridized carbons (Fsp3) is 0.0769. The van der Waals surface area contributed by atoms with Crippen molar-refractivity contribution in [2.24, 2.45) is 0 Å². The van der Waals surface area contributed by atoms with Gasteiger partial charge in [0.2, 0.25) is 0 Å². The van der Waals surface area contributed by atoms with E-state index in [1.165, 1.54) is 0 Å². The quantitative estimate of drug-likeness (QED) is 0.302. The second-order valence-electron chi connectivity index (χ2n) is 7.17. The van der Waals surface area contributed by atoms with Gasteiger partial charge in [-0.25, -0.2) is 0 Å². The first-order valence-electron chi connectivity index (χ1n) is 10.1. The first-order chi connectivity index (χ1) is 15.8. The smallest absolute Gasteiger partial charge is 0.186 e. The molecule has 0 atom stereocenters. The fourth-order valence-corrected chi connectivity index (χ4v) is 3.94. The number of hydrogen-bond donors (Lipinski definition) is 2. The van der Waals surface area contributed by atoms with Crippen molar-refractivity contribution in [2.45, 2.75) is 0 Å². The summed E-state index contributed by atoms with van der Waals surface area (Å²) in [5, 5.41) is 19.9. The molecule has 0 fully saturated rings. The summed E-state index contributed by atoms with van der Waals surface area (Å²) in [7, 11) is 0. The molecule has 0 saturated heterocycles. The molecule has 32 heavy (non-hydrogen) atoms. The molecule has 6 heteroatoms. The molecule has 0 aliphatic rings. The van der Waals surface area contributed by atoms with E-state index < -0.39 is 0 Å². The van der Waals surface area contributed by atoms with Crippen LogP contribution in [0.15, 0.2) is 85.2 Å². The summed E-state index contributed by atoms with van der Waals surface area (Å²) in [6.45, 7) is -0.705. The molecule has 0 aliphatic heterocycles. The Morgan fingerprint density at radius 3 is 1.31 bits per heavy atom. The summed E-state index contributed by atoms with van der Waals surface area (Å²) in [6.07, 6.45) is 3.59. The first-order valence-corrected chi connectivity index (χ1v) is 10.1. The Bertz CT molecular complexity index is 1280. The molecule has 0 aliphatic carbocycles. The minimum atomic E-state index is -0.352. The lowest BCUT2D eigenvalue weighted by atomic mass is 9.96. The van der Waals surface area contributed by atoms with E-state index in [1.54, 1.807) is 12.4 Å². The monoisotopic (exact) mass is 424 g/mol. The number of pyridine rings is 2. The number of aromatic nitrogens is 2. The number of benzene rings is 3. The van der Waals surface area contributed by atoms with E-state index in [2.05, 4.69) is 22.1 Å². The van der Waals surface area contributed by atoms with E-state index in [9.17, 15) is 0 Å². The molecule has 3 aromatic carbocycles. The Hall–Kier alpha value is -4.00. The third kappa shape index (κ3) is 3.62. The molecule has 2 heterocycles. The van der Waals surface area contributed by atoms with Gasteiger partial charge in [0.15, 0.2) is 13.6 Å². The van der Waals surface area contributed by atoms with Crippen LogP contribution in [0.2, 0.25) is 0 Å². The van der Waals surface area contributed by atoms with Crippen molar-refractivity contribution < 1.29 is 19.7 Å². The van der Waals surface area contributed by atoms with Crippen LogP contribution in [0.4, 0.5) is 0 Å². The minimum absolute atomic E-state index is 0.352. The summed E-state index contributed by atoms with van der Waals surface area (Å²) in [6, 6.07) is 23.3. The van der Waals surface area contributed by atoms with Crippen LogP contribution in [0.1, 0.15) is 0 Å². The predicted octanol–water partition coefficient (Wildman–Crippen LogP) is 4.77. The number of aliphatic hydroxyl groups is 2. The van der Waals surface area contributed by atoms with E-state index in [0.717, 1.165) is 44.1 Å². The first kappa shape index (κ1) is 19.9. The molecule has 158 valence electrons. The van der Waals surface area contributed by atoms with Crippen LogP contribution in [0.5, 0.6) is 11.5 Å². The molecular formula is C26H20N2O4. The normalized spacial score (nSPS) is 11.1. The standard InChI is InChI=1S/C26H20N2O4/c29-15-31-19-5-1-17(2-6-19)21-11-13-27-25-23(21)9-10-24-22(12-14-28-26(24)25)18-3-7-20(8-4-18)32-16-30/h1-14,29-30H,15-16H2. The lowest BCUT2D eigenvalue weighted by Crippen LogP contribution is -1.94. The molecule has 6 nitrogen and oxygen atoms in total. The zero-order valence-electron chi connectivity index (χ0n) is 17.1. The van der Waals surface area contributed by atoms with Gasteiger partial charge in [-0.2, -0.15) is 0 Å². The third-order valence-electron chi connectivity index (χ3n) is 5.41. The highest BCUT2D eigenvalue weighted by atomic mass is 16.6. The van der Waals surface area contributed by atoms with Crippen molar-refractivity contribution in [3.63, 3.8) is 0 Å².